The summed E-state index contributed by atoms with van der Waals surface area (Å²) in [7, 11) is 0. The van der Waals surface area contributed by atoms with Gasteiger partial charge in [-0.15, -0.1) is 0 Å². The minimum Gasteiger partial charge on any atom is -0.393 e. The number of hydrogen-bond acceptors (Lipinski definition) is 2. The number of halogens is 1. The molecule has 2 rings (SSSR count). The second-order valence-electron chi connectivity index (χ2n) is 5.51. The van der Waals surface area contributed by atoms with Crippen LogP contribution in [0.4, 0.5) is 14.9 Å². The first-order chi connectivity index (χ1) is 11.1. The van der Waals surface area contributed by atoms with Gasteiger partial charge in [0.1, 0.15) is 5.82 Å². The molecule has 0 radical (unpaired) electrons. The van der Waals surface area contributed by atoms with Crippen LogP contribution in [0, 0.1) is 5.82 Å². The summed E-state index contributed by atoms with van der Waals surface area (Å²) in [5, 5.41) is 14.9. The lowest BCUT2D eigenvalue weighted by molar-refractivity contribution is 0.173. The van der Waals surface area contributed by atoms with E-state index in [0.29, 0.717) is 13.0 Å². The molecular weight excluding hydrogens is 295 g/mol. The Balaban J connectivity index is 1.95. The van der Waals surface area contributed by atoms with Crippen LogP contribution in [-0.4, -0.2) is 23.8 Å². The number of benzene rings is 2. The van der Waals surface area contributed by atoms with Crippen LogP contribution in [0.3, 0.4) is 0 Å². The normalized spacial score (nSPS) is 13.2. The molecule has 0 aromatic heterocycles. The van der Waals surface area contributed by atoms with E-state index >= 15 is 0 Å². The van der Waals surface area contributed by atoms with E-state index in [-0.39, 0.29) is 11.6 Å². The van der Waals surface area contributed by atoms with Gasteiger partial charge in [-0.2, -0.15) is 0 Å². The van der Waals surface area contributed by atoms with Gasteiger partial charge >= 0.3 is 6.03 Å². The van der Waals surface area contributed by atoms with E-state index in [2.05, 4.69) is 10.6 Å². The van der Waals surface area contributed by atoms with Crippen molar-refractivity contribution in [3.05, 3.63) is 66.0 Å². The third-order valence-electron chi connectivity index (χ3n) is 3.53. The summed E-state index contributed by atoms with van der Waals surface area (Å²) in [6.45, 7) is 2.07. The lowest BCUT2D eigenvalue weighted by atomic mass is 9.93. The predicted molar refractivity (Wildman–Crippen MR) is 88.9 cm³/mol. The Kier molecular flexibility index (Phi) is 6.11. The van der Waals surface area contributed by atoms with Crippen LogP contribution >= 0.6 is 0 Å². The number of carbonyl (C=O) groups excluding carboxylic acids is 1. The van der Waals surface area contributed by atoms with Gasteiger partial charge in [0, 0.05) is 12.5 Å². The second kappa shape index (κ2) is 8.29. The first kappa shape index (κ1) is 17.0. The minimum atomic E-state index is -0.480. The number of nitrogens with one attached hydrogen (secondary N) is 2. The molecule has 0 aliphatic rings. The molecule has 0 aliphatic carbocycles. The number of aliphatic hydroxyl groups excluding tert-OH is 1. The fraction of sp³-hybridized carbons (Fsp3) is 0.278. The number of carbonyl (C=O) groups is 1. The lowest BCUT2D eigenvalue weighted by Gasteiger charge is -2.20. The van der Waals surface area contributed by atoms with Gasteiger partial charge in [-0.05, 0) is 31.0 Å². The third kappa shape index (κ3) is 5.38. The quantitative estimate of drug-likeness (QED) is 0.764. The number of amides is 2. The van der Waals surface area contributed by atoms with Crippen molar-refractivity contribution in [2.75, 3.05) is 11.9 Å². The number of anilines is 1. The van der Waals surface area contributed by atoms with Gasteiger partial charge in [-0.25, -0.2) is 9.18 Å². The van der Waals surface area contributed by atoms with Crippen LogP contribution in [0.15, 0.2) is 54.6 Å². The number of urea groups is 1. The van der Waals surface area contributed by atoms with E-state index in [0.717, 1.165) is 5.56 Å². The number of aliphatic hydroxyl groups is 1. The maximum Gasteiger partial charge on any atom is 0.319 e. The number of rotatable bonds is 6. The van der Waals surface area contributed by atoms with E-state index in [9.17, 15) is 14.3 Å². The van der Waals surface area contributed by atoms with E-state index < -0.39 is 18.0 Å². The van der Waals surface area contributed by atoms with Crippen molar-refractivity contribution in [1.82, 2.24) is 5.32 Å². The van der Waals surface area contributed by atoms with Gasteiger partial charge in [-0.3, -0.25) is 0 Å². The molecule has 2 atom stereocenters. The van der Waals surface area contributed by atoms with Crippen LogP contribution in [0.1, 0.15) is 24.8 Å². The summed E-state index contributed by atoms with van der Waals surface area (Å²) < 4.78 is 13.5. The van der Waals surface area contributed by atoms with Gasteiger partial charge < -0.3 is 15.7 Å². The summed E-state index contributed by atoms with van der Waals surface area (Å²) in [6.07, 6.45) is 0.0564. The Morgan fingerprint density at radius 2 is 1.78 bits per heavy atom. The van der Waals surface area contributed by atoms with Crippen molar-refractivity contribution in [2.45, 2.75) is 25.4 Å². The Hall–Kier alpha value is -2.40. The fourth-order valence-corrected chi connectivity index (χ4v) is 2.42. The molecule has 2 aromatic carbocycles. The molecule has 23 heavy (non-hydrogen) atoms. The van der Waals surface area contributed by atoms with Gasteiger partial charge in [0.25, 0.3) is 0 Å². The smallest absolute Gasteiger partial charge is 0.319 e. The molecule has 4 nitrogen and oxygen atoms in total. The average Bonchev–Trinajstić information content (AvgIpc) is 2.54. The van der Waals surface area contributed by atoms with Crippen molar-refractivity contribution in [1.29, 1.82) is 0 Å². The molecule has 0 heterocycles. The van der Waals surface area contributed by atoms with Crippen molar-refractivity contribution in [3.8, 4) is 0 Å². The highest BCUT2D eigenvalue weighted by molar-refractivity contribution is 5.89. The largest absolute Gasteiger partial charge is 0.393 e. The zero-order chi connectivity index (χ0) is 16.7. The summed E-state index contributed by atoms with van der Waals surface area (Å²) >= 11 is 0. The SMILES string of the molecule is CC(O)CC(CNC(=O)Nc1ccccc1F)c1ccccc1. The zero-order valence-electron chi connectivity index (χ0n) is 13.0. The summed E-state index contributed by atoms with van der Waals surface area (Å²) in [5.74, 6) is -0.492. The number of hydrogen-bond donors (Lipinski definition) is 3. The van der Waals surface area contributed by atoms with Gasteiger partial charge in [0.2, 0.25) is 0 Å². The maximum atomic E-state index is 13.5. The van der Waals surface area contributed by atoms with Crippen LogP contribution in [0.2, 0.25) is 0 Å². The van der Waals surface area contributed by atoms with E-state index in [4.69, 9.17) is 0 Å². The molecule has 0 aliphatic heterocycles. The molecule has 2 aromatic rings. The Morgan fingerprint density at radius 1 is 1.13 bits per heavy atom. The predicted octanol–water partition coefficient (Wildman–Crippen LogP) is 3.50. The second-order valence-corrected chi connectivity index (χ2v) is 5.51. The van der Waals surface area contributed by atoms with Gasteiger partial charge in [0.15, 0.2) is 0 Å². The highest BCUT2D eigenvalue weighted by Gasteiger charge is 2.15. The van der Waals surface area contributed by atoms with Crippen molar-refractivity contribution in [3.63, 3.8) is 0 Å². The Morgan fingerprint density at radius 3 is 2.43 bits per heavy atom. The fourth-order valence-electron chi connectivity index (χ4n) is 2.42. The highest BCUT2D eigenvalue weighted by Crippen LogP contribution is 2.20. The molecule has 3 N–H and O–H groups in total. The van der Waals surface area contributed by atoms with Crippen molar-refractivity contribution in [2.24, 2.45) is 0 Å². The molecule has 5 heteroatoms. The summed E-state index contributed by atoms with van der Waals surface area (Å²) in [4.78, 5) is 11.9. The van der Waals surface area contributed by atoms with Crippen molar-refractivity contribution >= 4 is 11.7 Å². The summed E-state index contributed by atoms with van der Waals surface area (Å²) in [5.41, 5.74) is 1.18. The highest BCUT2D eigenvalue weighted by atomic mass is 19.1. The lowest BCUT2D eigenvalue weighted by Crippen LogP contribution is -2.33. The van der Waals surface area contributed by atoms with E-state index in [1.54, 1.807) is 19.1 Å². The number of para-hydroxylation sites is 1. The Bertz CT molecular complexity index is 632. The molecule has 122 valence electrons. The van der Waals surface area contributed by atoms with Gasteiger partial charge in [0.05, 0.1) is 11.8 Å². The van der Waals surface area contributed by atoms with Crippen LogP contribution in [0.25, 0.3) is 0 Å². The average molecular weight is 316 g/mol. The van der Waals surface area contributed by atoms with Crippen LogP contribution in [-0.2, 0) is 0 Å². The minimum absolute atomic E-state index is 0.0115. The van der Waals surface area contributed by atoms with Crippen LogP contribution in [0.5, 0.6) is 0 Å². The maximum absolute atomic E-state index is 13.5. The van der Waals surface area contributed by atoms with Gasteiger partial charge in [-0.1, -0.05) is 42.5 Å². The molecular formula is C18H21FN2O2. The van der Waals surface area contributed by atoms with Crippen molar-refractivity contribution < 1.29 is 14.3 Å². The first-order valence-corrected chi connectivity index (χ1v) is 7.58. The molecule has 2 amide bonds. The molecule has 0 fully saturated rings. The topological polar surface area (TPSA) is 61.4 Å². The monoisotopic (exact) mass is 316 g/mol. The van der Waals surface area contributed by atoms with Crippen LogP contribution < -0.4 is 10.6 Å². The molecule has 0 spiro atoms. The standard InChI is InChI=1S/C18H21FN2O2/c1-13(22)11-15(14-7-3-2-4-8-14)12-20-18(23)21-17-10-6-5-9-16(17)19/h2-10,13,15,22H,11-12H2,1H3,(H2,20,21,23). The Labute approximate surface area is 135 Å². The van der Waals surface area contributed by atoms with E-state index in [1.807, 2.05) is 30.3 Å². The molecule has 0 bridgehead atoms. The zero-order valence-corrected chi connectivity index (χ0v) is 13.0. The molecule has 2 unspecified atom stereocenters. The third-order valence-corrected chi connectivity index (χ3v) is 3.53. The molecule has 0 saturated heterocycles. The van der Waals surface area contributed by atoms with E-state index in [1.165, 1.54) is 12.1 Å². The summed E-state index contributed by atoms with van der Waals surface area (Å²) in [6, 6.07) is 15.2. The first-order valence-electron chi connectivity index (χ1n) is 7.58. The molecule has 0 saturated carbocycles.